The van der Waals surface area contributed by atoms with E-state index in [1.54, 1.807) is 0 Å². The molecule has 0 radical (unpaired) electrons. The van der Waals surface area contributed by atoms with E-state index < -0.39 is 0 Å². The maximum atomic E-state index is 3.67. The Morgan fingerprint density at radius 3 is 2.60 bits per heavy atom. The molecule has 0 rings (SSSR count). The molecule has 0 fully saturated rings. The molecule has 0 unspecified atom stereocenters. The van der Waals surface area contributed by atoms with Crippen LogP contribution in [-0.2, 0) is 0 Å². The van der Waals surface area contributed by atoms with Crippen molar-refractivity contribution in [1.29, 1.82) is 0 Å². The molecule has 0 bridgehead atoms. The Morgan fingerprint density at radius 1 is 1.40 bits per heavy atom. The minimum Gasteiger partial charge on any atom is -0.158 e. The van der Waals surface area contributed by atoms with Crippen LogP contribution >= 0.6 is 23.5 Å². The lowest BCUT2D eigenvalue weighted by Gasteiger charge is -2.02. The largest absolute Gasteiger partial charge is 0.158 e. The molecule has 0 aliphatic rings. The third kappa shape index (κ3) is 8.44. The maximum Gasteiger partial charge on any atom is 0.0111 e. The van der Waals surface area contributed by atoms with Crippen LogP contribution in [-0.4, -0.2) is 22.5 Å². The van der Waals surface area contributed by atoms with Crippen molar-refractivity contribution >= 4 is 23.5 Å². The zero-order chi connectivity index (χ0) is 7.82. The Hall–Kier alpha value is 0.440. The van der Waals surface area contributed by atoms with Crippen molar-refractivity contribution in [2.24, 2.45) is 0 Å². The Kier molecular flexibility index (Phi) is 7.88. The summed E-state index contributed by atoms with van der Waals surface area (Å²) in [5.41, 5.74) is 0. The Bertz CT molecular complexity index is 79.3. The first-order valence-electron chi connectivity index (χ1n) is 3.57. The highest BCUT2D eigenvalue weighted by atomic mass is 32.2. The van der Waals surface area contributed by atoms with E-state index >= 15 is 0 Å². The zero-order valence-corrected chi connectivity index (χ0v) is 8.43. The smallest absolute Gasteiger partial charge is 0.0111 e. The first kappa shape index (κ1) is 10.4. The molecule has 0 amide bonds. The lowest BCUT2D eigenvalue weighted by Crippen LogP contribution is -1.91. The molecule has 0 saturated heterocycles. The predicted octanol–water partition coefficient (Wildman–Crippen LogP) is 3.05. The van der Waals surface area contributed by atoms with Gasteiger partial charge in [-0.15, -0.1) is 6.58 Å². The normalized spacial score (nSPS) is 10.3. The zero-order valence-electron chi connectivity index (χ0n) is 6.80. The second-order valence-electron chi connectivity index (χ2n) is 2.28. The molecule has 2 heteroatoms. The third-order valence-corrected chi connectivity index (χ3v) is 3.24. The molecular formula is C8H16S2. The highest BCUT2D eigenvalue weighted by molar-refractivity contribution is 8.03. The van der Waals surface area contributed by atoms with E-state index in [1.807, 2.05) is 29.6 Å². The van der Waals surface area contributed by atoms with E-state index in [4.69, 9.17) is 0 Å². The standard InChI is InChI=1S/C8H16S2/c1-4-5-9-6-7-10-8(2)3/h4,8H,1,5-7H2,2-3H3. The van der Waals surface area contributed by atoms with E-state index in [-0.39, 0.29) is 0 Å². The van der Waals surface area contributed by atoms with E-state index in [9.17, 15) is 0 Å². The Labute approximate surface area is 72.9 Å². The summed E-state index contributed by atoms with van der Waals surface area (Å²) in [5.74, 6) is 3.63. The van der Waals surface area contributed by atoms with Crippen LogP contribution in [0.2, 0.25) is 0 Å². The lowest BCUT2D eigenvalue weighted by atomic mass is 10.6. The molecule has 0 saturated carbocycles. The summed E-state index contributed by atoms with van der Waals surface area (Å²) in [6.07, 6.45) is 1.96. The van der Waals surface area contributed by atoms with Gasteiger partial charge in [0.15, 0.2) is 0 Å². The van der Waals surface area contributed by atoms with Crippen LogP contribution in [0, 0.1) is 0 Å². The van der Waals surface area contributed by atoms with Gasteiger partial charge < -0.3 is 0 Å². The van der Waals surface area contributed by atoms with Crippen LogP contribution in [0.4, 0.5) is 0 Å². The highest BCUT2D eigenvalue weighted by Gasteiger charge is 1.92. The van der Waals surface area contributed by atoms with Gasteiger partial charge in [-0.25, -0.2) is 0 Å². The summed E-state index contributed by atoms with van der Waals surface area (Å²) in [6, 6.07) is 0. The molecule has 0 atom stereocenters. The molecule has 0 aromatic heterocycles. The predicted molar refractivity (Wildman–Crippen MR) is 55.1 cm³/mol. The molecule has 0 N–H and O–H groups in total. The second-order valence-corrected chi connectivity index (χ2v) is 5.12. The van der Waals surface area contributed by atoms with Crippen molar-refractivity contribution < 1.29 is 0 Å². The van der Waals surface area contributed by atoms with Gasteiger partial charge in [-0.1, -0.05) is 19.9 Å². The quantitative estimate of drug-likeness (QED) is 0.451. The number of thioether (sulfide) groups is 2. The van der Waals surface area contributed by atoms with Gasteiger partial charge in [-0.2, -0.15) is 23.5 Å². The molecule has 0 aromatic carbocycles. The van der Waals surface area contributed by atoms with Gasteiger partial charge >= 0.3 is 0 Å². The van der Waals surface area contributed by atoms with Crippen molar-refractivity contribution in [3.8, 4) is 0 Å². The van der Waals surface area contributed by atoms with Crippen LogP contribution in [0.15, 0.2) is 12.7 Å². The molecule has 0 aromatic rings. The fraction of sp³-hybridized carbons (Fsp3) is 0.750. The molecule has 10 heavy (non-hydrogen) atoms. The molecule has 0 heterocycles. The summed E-state index contributed by atoms with van der Waals surface area (Å²) in [5, 5.41) is 0.782. The maximum absolute atomic E-state index is 3.67. The van der Waals surface area contributed by atoms with Gasteiger partial charge in [0.2, 0.25) is 0 Å². The van der Waals surface area contributed by atoms with E-state index in [0.717, 1.165) is 11.0 Å². The SMILES string of the molecule is C=CCSCCSC(C)C. The van der Waals surface area contributed by atoms with Gasteiger partial charge in [-0.3, -0.25) is 0 Å². The van der Waals surface area contributed by atoms with Crippen molar-refractivity contribution in [2.75, 3.05) is 17.3 Å². The van der Waals surface area contributed by atoms with Crippen LogP contribution in [0.5, 0.6) is 0 Å². The number of hydrogen-bond acceptors (Lipinski definition) is 2. The first-order valence-corrected chi connectivity index (χ1v) is 5.78. The van der Waals surface area contributed by atoms with Gasteiger partial charge in [0.25, 0.3) is 0 Å². The summed E-state index contributed by atoms with van der Waals surface area (Å²) in [4.78, 5) is 0. The van der Waals surface area contributed by atoms with Gasteiger partial charge in [0, 0.05) is 17.3 Å². The van der Waals surface area contributed by atoms with Crippen LogP contribution in [0.1, 0.15) is 13.8 Å². The van der Waals surface area contributed by atoms with E-state index in [1.165, 1.54) is 11.5 Å². The highest BCUT2D eigenvalue weighted by Crippen LogP contribution is 2.11. The van der Waals surface area contributed by atoms with E-state index in [0.29, 0.717) is 0 Å². The Morgan fingerprint density at radius 2 is 2.10 bits per heavy atom. The average Bonchev–Trinajstić information content (AvgIpc) is 1.87. The summed E-state index contributed by atoms with van der Waals surface area (Å²) in [7, 11) is 0. The van der Waals surface area contributed by atoms with Gasteiger partial charge in [0.05, 0.1) is 0 Å². The topological polar surface area (TPSA) is 0 Å². The van der Waals surface area contributed by atoms with Crippen LogP contribution < -0.4 is 0 Å². The van der Waals surface area contributed by atoms with Gasteiger partial charge in [0.1, 0.15) is 0 Å². The lowest BCUT2D eigenvalue weighted by molar-refractivity contribution is 1.11. The molecule has 0 aliphatic heterocycles. The molecule has 0 spiro atoms. The van der Waals surface area contributed by atoms with Crippen LogP contribution in [0.25, 0.3) is 0 Å². The van der Waals surface area contributed by atoms with Crippen molar-refractivity contribution in [1.82, 2.24) is 0 Å². The van der Waals surface area contributed by atoms with Crippen molar-refractivity contribution in [3.05, 3.63) is 12.7 Å². The van der Waals surface area contributed by atoms with Crippen molar-refractivity contribution in [3.63, 3.8) is 0 Å². The second kappa shape index (κ2) is 7.55. The minimum atomic E-state index is 0.782. The van der Waals surface area contributed by atoms with Gasteiger partial charge in [-0.05, 0) is 5.25 Å². The fourth-order valence-corrected chi connectivity index (χ4v) is 2.17. The van der Waals surface area contributed by atoms with E-state index in [2.05, 4.69) is 20.4 Å². The molecular weight excluding hydrogens is 160 g/mol. The fourth-order valence-electron chi connectivity index (χ4n) is 0.509. The summed E-state index contributed by atoms with van der Waals surface area (Å²) >= 11 is 3.98. The molecule has 0 nitrogen and oxygen atoms in total. The third-order valence-electron chi connectivity index (χ3n) is 0.915. The number of hydrogen-bond donors (Lipinski definition) is 0. The molecule has 60 valence electrons. The Balaban J connectivity index is 2.83. The summed E-state index contributed by atoms with van der Waals surface area (Å²) in [6.45, 7) is 8.14. The average molecular weight is 176 g/mol. The van der Waals surface area contributed by atoms with Crippen LogP contribution in [0.3, 0.4) is 0 Å². The number of rotatable bonds is 6. The minimum absolute atomic E-state index is 0.782. The summed E-state index contributed by atoms with van der Waals surface area (Å²) < 4.78 is 0. The van der Waals surface area contributed by atoms with Crippen molar-refractivity contribution in [2.45, 2.75) is 19.1 Å². The monoisotopic (exact) mass is 176 g/mol. The first-order chi connectivity index (χ1) is 4.77. The molecule has 0 aliphatic carbocycles.